The van der Waals surface area contributed by atoms with E-state index in [1.807, 2.05) is 6.07 Å². The molecular weight excluding hydrogens is 428 g/mol. The zero-order chi connectivity index (χ0) is 23.7. The summed E-state index contributed by atoms with van der Waals surface area (Å²) in [5, 5.41) is 2.78. The minimum atomic E-state index is -0.473. The van der Waals surface area contributed by atoms with Crippen molar-refractivity contribution in [3.63, 3.8) is 0 Å². The number of carbonyl (C=O) groups is 4. The van der Waals surface area contributed by atoms with Crippen molar-refractivity contribution in [2.45, 2.75) is 0 Å². The molecule has 4 aromatic rings. The van der Waals surface area contributed by atoms with Crippen molar-refractivity contribution in [2.24, 2.45) is 0 Å². The molecule has 1 aliphatic rings. The van der Waals surface area contributed by atoms with Crippen molar-refractivity contribution in [1.29, 1.82) is 0 Å². The molecule has 5 rings (SSSR count). The number of carbonyl (C=O) groups excluding carboxylic acids is 4. The van der Waals surface area contributed by atoms with E-state index in [-0.39, 0.29) is 16.9 Å². The third kappa shape index (κ3) is 3.67. The van der Waals surface area contributed by atoms with E-state index in [1.54, 1.807) is 97.1 Å². The summed E-state index contributed by atoms with van der Waals surface area (Å²) >= 11 is 0. The third-order valence-corrected chi connectivity index (χ3v) is 5.61. The minimum Gasteiger partial charge on any atom is -0.322 e. The number of benzene rings is 4. The Morgan fingerprint density at radius 3 is 1.88 bits per heavy atom. The van der Waals surface area contributed by atoms with E-state index in [9.17, 15) is 19.2 Å². The number of hydrogen-bond donors (Lipinski definition) is 1. The van der Waals surface area contributed by atoms with Crippen LogP contribution in [0.25, 0.3) is 0 Å². The van der Waals surface area contributed by atoms with Crippen LogP contribution < -0.4 is 10.2 Å². The van der Waals surface area contributed by atoms with Crippen LogP contribution in [-0.2, 0) is 0 Å². The van der Waals surface area contributed by atoms with Crippen molar-refractivity contribution in [1.82, 2.24) is 0 Å². The normalized spacial score (nSPS) is 12.4. The number of amides is 3. The molecule has 164 valence electrons. The number of fused-ring (bicyclic) bond motifs is 1. The van der Waals surface area contributed by atoms with Crippen LogP contribution in [0.15, 0.2) is 103 Å². The first-order valence-corrected chi connectivity index (χ1v) is 10.6. The SMILES string of the molecule is O=C(Nc1cccc(N2C(=O)c3ccccc3C2=O)c1)c1ccccc1C(=O)c1ccccc1. The average molecular weight is 446 g/mol. The number of ketones is 1. The highest BCUT2D eigenvalue weighted by Crippen LogP contribution is 2.30. The van der Waals surface area contributed by atoms with Gasteiger partial charge in [0.05, 0.1) is 22.4 Å². The molecule has 0 atom stereocenters. The van der Waals surface area contributed by atoms with Gasteiger partial charge in [-0.05, 0) is 36.4 Å². The summed E-state index contributed by atoms with van der Waals surface area (Å²) in [6.07, 6.45) is 0. The van der Waals surface area contributed by atoms with Crippen molar-refractivity contribution in [3.8, 4) is 0 Å². The van der Waals surface area contributed by atoms with Gasteiger partial charge in [0.1, 0.15) is 0 Å². The van der Waals surface area contributed by atoms with E-state index in [0.717, 1.165) is 4.90 Å². The van der Waals surface area contributed by atoms with Gasteiger partial charge in [-0.1, -0.05) is 66.7 Å². The van der Waals surface area contributed by atoms with E-state index >= 15 is 0 Å². The van der Waals surface area contributed by atoms with Gasteiger partial charge in [-0.25, -0.2) is 4.90 Å². The van der Waals surface area contributed by atoms with Gasteiger partial charge in [-0.3, -0.25) is 19.2 Å². The second-order valence-electron chi connectivity index (χ2n) is 7.74. The molecule has 0 fully saturated rings. The van der Waals surface area contributed by atoms with Gasteiger partial charge < -0.3 is 5.32 Å². The van der Waals surface area contributed by atoms with Gasteiger partial charge >= 0.3 is 0 Å². The Kier molecular flexibility index (Phi) is 5.32. The zero-order valence-electron chi connectivity index (χ0n) is 17.9. The maximum atomic E-state index is 13.1. The average Bonchev–Trinajstić information content (AvgIpc) is 3.14. The third-order valence-electron chi connectivity index (χ3n) is 5.61. The van der Waals surface area contributed by atoms with E-state index in [2.05, 4.69) is 5.32 Å². The fourth-order valence-corrected chi connectivity index (χ4v) is 3.97. The Hall–Kier alpha value is -4.84. The summed E-state index contributed by atoms with van der Waals surface area (Å²) in [5.74, 6) is -1.56. The Labute approximate surface area is 195 Å². The molecule has 0 aromatic heterocycles. The molecule has 1 N–H and O–H groups in total. The number of nitrogens with one attached hydrogen (secondary N) is 1. The minimum absolute atomic E-state index is 0.225. The summed E-state index contributed by atoms with van der Waals surface area (Å²) in [6, 6.07) is 28.5. The number of imide groups is 1. The van der Waals surface area contributed by atoms with Crippen molar-refractivity contribution in [3.05, 3.63) is 131 Å². The van der Waals surface area contributed by atoms with E-state index in [4.69, 9.17) is 0 Å². The van der Waals surface area contributed by atoms with Gasteiger partial charge in [0.15, 0.2) is 5.78 Å². The van der Waals surface area contributed by atoms with E-state index in [1.165, 1.54) is 0 Å². The van der Waals surface area contributed by atoms with Crippen molar-refractivity contribution >= 4 is 34.9 Å². The van der Waals surface area contributed by atoms with Gasteiger partial charge in [0.25, 0.3) is 17.7 Å². The van der Waals surface area contributed by atoms with Crippen LogP contribution in [0.3, 0.4) is 0 Å². The molecule has 6 heteroatoms. The predicted octanol–water partition coefficient (Wildman–Crippen LogP) is 4.97. The predicted molar refractivity (Wildman–Crippen MR) is 128 cm³/mol. The highest BCUT2D eigenvalue weighted by molar-refractivity contribution is 6.34. The molecule has 0 saturated carbocycles. The summed E-state index contributed by atoms with van der Waals surface area (Å²) in [4.78, 5) is 52.8. The molecule has 0 spiro atoms. The van der Waals surface area contributed by atoms with Gasteiger partial charge in [0, 0.05) is 16.8 Å². The van der Waals surface area contributed by atoms with E-state index in [0.29, 0.717) is 28.1 Å². The smallest absolute Gasteiger partial charge is 0.266 e. The highest BCUT2D eigenvalue weighted by atomic mass is 16.2. The molecule has 0 bridgehead atoms. The molecule has 0 aliphatic carbocycles. The second-order valence-corrected chi connectivity index (χ2v) is 7.74. The topological polar surface area (TPSA) is 83.6 Å². The molecule has 0 saturated heterocycles. The fraction of sp³-hybridized carbons (Fsp3) is 0. The first kappa shape index (κ1) is 21.0. The quantitative estimate of drug-likeness (QED) is 0.347. The number of anilines is 2. The standard InChI is InChI=1S/C28H18N2O4/c31-25(18-9-2-1-3-10-18)21-13-4-5-14-22(21)26(32)29-19-11-8-12-20(17-19)30-27(33)23-15-6-7-16-24(23)28(30)34/h1-17H,(H,29,32). The lowest BCUT2D eigenvalue weighted by molar-refractivity contribution is 0.0924. The van der Waals surface area contributed by atoms with Crippen molar-refractivity contribution < 1.29 is 19.2 Å². The largest absolute Gasteiger partial charge is 0.322 e. The molecule has 0 radical (unpaired) electrons. The molecule has 4 aromatic carbocycles. The number of rotatable bonds is 5. The van der Waals surface area contributed by atoms with Crippen LogP contribution >= 0.6 is 0 Å². The Morgan fingerprint density at radius 2 is 1.21 bits per heavy atom. The van der Waals surface area contributed by atoms with E-state index < -0.39 is 17.7 Å². The summed E-state index contributed by atoms with van der Waals surface area (Å²) < 4.78 is 0. The monoisotopic (exact) mass is 446 g/mol. The number of hydrogen-bond acceptors (Lipinski definition) is 4. The maximum Gasteiger partial charge on any atom is 0.266 e. The molecule has 6 nitrogen and oxygen atoms in total. The van der Waals surface area contributed by atoms with Gasteiger partial charge in [-0.2, -0.15) is 0 Å². The Bertz CT molecular complexity index is 1430. The molecule has 3 amide bonds. The van der Waals surface area contributed by atoms with Gasteiger partial charge in [-0.15, -0.1) is 0 Å². The van der Waals surface area contributed by atoms with Crippen LogP contribution in [0.1, 0.15) is 47.0 Å². The molecular formula is C28H18N2O4. The first-order valence-electron chi connectivity index (χ1n) is 10.6. The maximum absolute atomic E-state index is 13.1. The van der Waals surface area contributed by atoms with Crippen molar-refractivity contribution in [2.75, 3.05) is 10.2 Å². The van der Waals surface area contributed by atoms with Crippen LogP contribution in [0.2, 0.25) is 0 Å². The molecule has 0 unspecified atom stereocenters. The first-order chi connectivity index (χ1) is 16.5. The Balaban J connectivity index is 1.42. The summed E-state index contributed by atoms with van der Waals surface area (Å²) in [7, 11) is 0. The van der Waals surface area contributed by atoms with Gasteiger partial charge in [0.2, 0.25) is 0 Å². The van der Waals surface area contributed by atoms with Crippen LogP contribution in [-0.4, -0.2) is 23.5 Å². The number of nitrogens with zero attached hydrogens (tertiary/aromatic N) is 1. The highest BCUT2D eigenvalue weighted by Gasteiger charge is 2.36. The lowest BCUT2D eigenvalue weighted by Crippen LogP contribution is -2.29. The van der Waals surface area contributed by atoms with Crippen LogP contribution in [0.5, 0.6) is 0 Å². The summed E-state index contributed by atoms with van der Waals surface area (Å²) in [6.45, 7) is 0. The van der Waals surface area contributed by atoms with Crippen LogP contribution in [0, 0.1) is 0 Å². The lowest BCUT2D eigenvalue weighted by Gasteiger charge is -2.16. The fourth-order valence-electron chi connectivity index (χ4n) is 3.97. The lowest BCUT2D eigenvalue weighted by atomic mass is 9.98. The summed E-state index contributed by atoms with van der Waals surface area (Å²) in [5.41, 5.74) is 2.41. The molecule has 1 aliphatic heterocycles. The van der Waals surface area contributed by atoms with Crippen LogP contribution in [0.4, 0.5) is 11.4 Å². The molecule has 1 heterocycles. The molecule has 34 heavy (non-hydrogen) atoms. The second kappa shape index (κ2) is 8.60. The zero-order valence-corrected chi connectivity index (χ0v) is 17.9. The Morgan fingerprint density at radius 1 is 0.618 bits per heavy atom.